The van der Waals surface area contributed by atoms with E-state index in [2.05, 4.69) is 19.9 Å². The van der Waals surface area contributed by atoms with Crippen molar-refractivity contribution in [2.45, 2.75) is 52.4 Å². The highest BCUT2D eigenvalue weighted by Gasteiger charge is 2.06. The first kappa shape index (κ1) is 16.8. The van der Waals surface area contributed by atoms with Crippen LogP contribution in [0, 0.1) is 0 Å². The van der Waals surface area contributed by atoms with Crippen molar-refractivity contribution in [2.75, 3.05) is 19.8 Å². The Kier molecular flexibility index (Phi) is 8.88. The van der Waals surface area contributed by atoms with Crippen LogP contribution in [0.1, 0.15) is 51.5 Å². The molecule has 20 heavy (non-hydrogen) atoms. The van der Waals surface area contributed by atoms with Crippen LogP contribution in [0.4, 0.5) is 0 Å². The second kappa shape index (κ2) is 10.6. The van der Waals surface area contributed by atoms with Gasteiger partial charge >= 0.3 is 0 Å². The number of unbranched alkanes of at least 4 members (excludes halogenated alkanes) is 2. The van der Waals surface area contributed by atoms with Crippen molar-refractivity contribution >= 4 is 0 Å². The molecule has 0 fully saturated rings. The molecule has 0 aliphatic rings. The van der Waals surface area contributed by atoms with Crippen molar-refractivity contribution in [3.8, 4) is 11.5 Å². The molecular formula is C17H28O3. The molecule has 0 unspecified atom stereocenters. The molecule has 0 spiro atoms. The van der Waals surface area contributed by atoms with Gasteiger partial charge in [0, 0.05) is 12.7 Å². The number of rotatable bonds is 11. The number of aryl methyl sites for hydroxylation is 1. The molecule has 0 atom stereocenters. The molecule has 0 bridgehead atoms. The van der Waals surface area contributed by atoms with Gasteiger partial charge in [-0.15, -0.1) is 0 Å². The van der Waals surface area contributed by atoms with Crippen LogP contribution in [0.25, 0.3) is 0 Å². The fourth-order valence-corrected chi connectivity index (χ4v) is 1.90. The quantitative estimate of drug-likeness (QED) is 0.623. The van der Waals surface area contributed by atoms with E-state index in [1.54, 1.807) is 0 Å². The number of aliphatic hydroxyl groups is 1. The third-order valence-electron chi connectivity index (χ3n) is 3.16. The SMILES string of the molecule is CCCCOc1ccc(CCCO)c(OCCCC)c1. The summed E-state index contributed by atoms with van der Waals surface area (Å²) in [6, 6.07) is 6.03. The first-order valence-corrected chi connectivity index (χ1v) is 7.81. The maximum absolute atomic E-state index is 8.96. The fourth-order valence-electron chi connectivity index (χ4n) is 1.90. The molecule has 0 aliphatic carbocycles. The zero-order valence-electron chi connectivity index (χ0n) is 12.9. The first-order valence-electron chi connectivity index (χ1n) is 7.81. The maximum atomic E-state index is 8.96. The van der Waals surface area contributed by atoms with E-state index in [-0.39, 0.29) is 6.61 Å². The van der Waals surface area contributed by atoms with Gasteiger partial charge in [0.05, 0.1) is 13.2 Å². The van der Waals surface area contributed by atoms with Crippen LogP contribution in [-0.4, -0.2) is 24.9 Å². The Hall–Kier alpha value is -1.22. The summed E-state index contributed by atoms with van der Waals surface area (Å²) in [6.45, 7) is 6.01. The minimum atomic E-state index is 0.211. The van der Waals surface area contributed by atoms with E-state index < -0.39 is 0 Å². The molecule has 0 amide bonds. The molecular weight excluding hydrogens is 252 g/mol. The Morgan fingerprint density at radius 2 is 1.65 bits per heavy atom. The molecule has 1 rings (SSSR count). The summed E-state index contributed by atoms with van der Waals surface area (Å²) in [7, 11) is 0. The van der Waals surface area contributed by atoms with Gasteiger partial charge in [-0.2, -0.15) is 0 Å². The van der Waals surface area contributed by atoms with Crippen molar-refractivity contribution in [1.29, 1.82) is 0 Å². The maximum Gasteiger partial charge on any atom is 0.126 e. The third kappa shape index (κ3) is 6.29. The standard InChI is InChI=1S/C17H28O3/c1-3-5-12-19-16-10-9-15(8-7-11-18)17(14-16)20-13-6-4-2/h9-10,14,18H,3-8,11-13H2,1-2H3. The monoisotopic (exact) mass is 280 g/mol. The number of ether oxygens (including phenoxy) is 2. The molecule has 0 saturated carbocycles. The van der Waals surface area contributed by atoms with Crippen molar-refractivity contribution < 1.29 is 14.6 Å². The Labute approximate surface area is 122 Å². The molecule has 0 aromatic heterocycles. The number of aliphatic hydroxyl groups excluding tert-OH is 1. The smallest absolute Gasteiger partial charge is 0.126 e. The van der Waals surface area contributed by atoms with Crippen molar-refractivity contribution in [3.63, 3.8) is 0 Å². The van der Waals surface area contributed by atoms with Crippen LogP contribution in [0.2, 0.25) is 0 Å². The number of benzene rings is 1. The van der Waals surface area contributed by atoms with Crippen LogP contribution >= 0.6 is 0 Å². The van der Waals surface area contributed by atoms with Gasteiger partial charge in [0.25, 0.3) is 0 Å². The number of hydrogen-bond donors (Lipinski definition) is 1. The second-order valence-electron chi connectivity index (χ2n) is 5.00. The van der Waals surface area contributed by atoms with E-state index in [4.69, 9.17) is 14.6 Å². The van der Waals surface area contributed by atoms with Crippen LogP contribution in [0.3, 0.4) is 0 Å². The largest absolute Gasteiger partial charge is 0.493 e. The lowest BCUT2D eigenvalue weighted by atomic mass is 10.1. The molecule has 3 heteroatoms. The Bertz CT molecular complexity index is 363. The summed E-state index contributed by atoms with van der Waals surface area (Å²) < 4.78 is 11.6. The molecule has 0 heterocycles. The van der Waals surface area contributed by atoms with E-state index in [9.17, 15) is 0 Å². The molecule has 1 aromatic rings. The Morgan fingerprint density at radius 1 is 0.950 bits per heavy atom. The van der Waals surface area contributed by atoms with Crippen molar-refractivity contribution in [3.05, 3.63) is 23.8 Å². The lowest BCUT2D eigenvalue weighted by Crippen LogP contribution is -2.02. The minimum absolute atomic E-state index is 0.211. The van der Waals surface area contributed by atoms with E-state index >= 15 is 0 Å². The van der Waals surface area contributed by atoms with E-state index in [0.717, 1.165) is 68.8 Å². The Morgan fingerprint density at radius 3 is 2.30 bits per heavy atom. The Balaban J connectivity index is 2.67. The molecule has 3 nitrogen and oxygen atoms in total. The van der Waals surface area contributed by atoms with Crippen LogP contribution in [0.5, 0.6) is 11.5 Å². The summed E-state index contributed by atoms with van der Waals surface area (Å²) in [4.78, 5) is 0. The third-order valence-corrected chi connectivity index (χ3v) is 3.16. The molecule has 1 N–H and O–H groups in total. The summed E-state index contributed by atoms with van der Waals surface area (Å²) in [5, 5.41) is 8.96. The fraction of sp³-hybridized carbons (Fsp3) is 0.647. The van der Waals surface area contributed by atoms with Gasteiger partial charge in [-0.05, 0) is 37.3 Å². The minimum Gasteiger partial charge on any atom is -0.493 e. The molecule has 1 aromatic carbocycles. The molecule has 0 saturated heterocycles. The summed E-state index contributed by atoms with van der Waals surface area (Å²) in [5.41, 5.74) is 1.15. The van der Waals surface area contributed by atoms with E-state index in [1.165, 1.54) is 0 Å². The van der Waals surface area contributed by atoms with Gasteiger partial charge in [-0.25, -0.2) is 0 Å². The second-order valence-corrected chi connectivity index (χ2v) is 5.00. The van der Waals surface area contributed by atoms with Gasteiger partial charge in [-0.1, -0.05) is 32.8 Å². The lowest BCUT2D eigenvalue weighted by Gasteiger charge is -2.13. The number of hydrogen-bond acceptors (Lipinski definition) is 3. The predicted molar refractivity (Wildman–Crippen MR) is 82.7 cm³/mol. The van der Waals surface area contributed by atoms with Crippen molar-refractivity contribution in [1.82, 2.24) is 0 Å². The zero-order valence-corrected chi connectivity index (χ0v) is 12.9. The van der Waals surface area contributed by atoms with E-state index in [0.29, 0.717) is 0 Å². The normalized spacial score (nSPS) is 10.6. The molecule has 114 valence electrons. The zero-order chi connectivity index (χ0) is 14.6. The highest BCUT2D eigenvalue weighted by Crippen LogP contribution is 2.26. The van der Waals surface area contributed by atoms with Gasteiger partial charge < -0.3 is 14.6 Å². The molecule has 0 radical (unpaired) electrons. The van der Waals surface area contributed by atoms with Gasteiger partial charge in [0.15, 0.2) is 0 Å². The lowest BCUT2D eigenvalue weighted by molar-refractivity contribution is 0.281. The van der Waals surface area contributed by atoms with Crippen LogP contribution < -0.4 is 9.47 Å². The van der Waals surface area contributed by atoms with Gasteiger partial charge in [-0.3, -0.25) is 0 Å². The highest BCUT2D eigenvalue weighted by molar-refractivity contribution is 5.41. The van der Waals surface area contributed by atoms with Gasteiger partial charge in [0.1, 0.15) is 11.5 Å². The van der Waals surface area contributed by atoms with Crippen LogP contribution in [-0.2, 0) is 6.42 Å². The summed E-state index contributed by atoms with van der Waals surface area (Å²) in [6.07, 6.45) is 5.99. The topological polar surface area (TPSA) is 38.7 Å². The van der Waals surface area contributed by atoms with Crippen LogP contribution in [0.15, 0.2) is 18.2 Å². The average Bonchev–Trinajstić information content (AvgIpc) is 2.47. The van der Waals surface area contributed by atoms with Gasteiger partial charge in [0.2, 0.25) is 0 Å². The van der Waals surface area contributed by atoms with E-state index in [1.807, 2.05) is 12.1 Å². The first-order chi connectivity index (χ1) is 9.81. The highest BCUT2D eigenvalue weighted by atomic mass is 16.5. The average molecular weight is 280 g/mol. The summed E-state index contributed by atoms with van der Waals surface area (Å²) in [5.74, 6) is 1.78. The predicted octanol–water partition coefficient (Wildman–Crippen LogP) is 3.97. The molecule has 0 aliphatic heterocycles. The van der Waals surface area contributed by atoms with Crippen molar-refractivity contribution in [2.24, 2.45) is 0 Å². The summed E-state index contributed by atoms with van der Waals surface area (Å²) >= 11 is 0.